The smallest absolute Gasteiger partial charge is 0.335 e. The molecule has 2 aromatic rings. The molecule has 2 aromatic heterocycles. The van der Waals surface area contributed by atoms with Crippen LogP contribution < -0.4 is 0 Å². The third-order valence-electron chi connectivity index (χ3n) is 3.91. The first-order valence-corrected chi connectivity index (χ1v) is 8.38. The van der Waals surface area contributed by atoms with E-state index in [0.29, 0.717) is 11.4 Å². The molecule has 0 fully saturated rings. The lowest BCUT2D eigenvalue weighted by atomic mass is 10.2. The number of nitrogens with zero attached hydrogens (tertiary/aromatic N) is 5. The summed E-state index contributed by atoms with van der Waals surface area (Å²) in [4.78, 5) is 17.5. The Morgan fingerprint density at radius 1 is 1.24 bits per heavy atom. The number of hydrogen-bond donors (Lipinski definition) is 1. The summed E-state index contributed by atoms with van der Waals surface area (Å²) in [5, 5.41) is 17.2. The van der Waals surface area contributed by atoms with Gasteiger partial charge in [0.25, 0.3) is 0 Å². The van der Waals surface area contributed by atoms with Crippen molar-refractivity contribution in [1.29, 1.82) is 0 Å². The Bertz CT molecular complexity index is 662. The molecular formula is C17H26ClN5O2. The van der Waals surface area contributed by atoms with Crippen LogP contribution in [0.4, 0.5) is 0 Å². The largest absolute Gasteiger partial charge is 0.478 e. The van der Waals surface area contributed by atoms with E-state index in [4.69, 9.17) is 5.11 Å². The number of pyridine rings is 1. The highest BCUT2D eigenvalue weighted by atomic mass is 35.5. The second-order valence-corrected chi connectivity index (χ2v) is 5.97. The highest BCUT2D eigenvalue weighted by Crippen LogP contribution is 2.14. The molecule has 0 aromatic carbocycles. The van der Waals surface area contributed by atoms with Crippen molar-refractivity contribution < 1.29 is 9.90 Å². The van der Waals surface area contributed by atoms with Gasteiger partial charge in [0.15, 0.2) is 0 Å². The zero-order chi connectivity index (χ0) is 17.4. The first-order chi connectivity index (χ1) is 11.6. The van der Waals surface area contributed by atoms with Gasteiger partial charge in [-0.1, -0.05) is 31.4 Å². The summed E-state index contributed by atoms with van der Waals surface area (Å²) in [6, 6.07) is 2.97. The zero-order valence-corrected chi connectivity index (χ0v) is 15.6. The fraction of sp³-hybridized carbons (Fsp3) is 0.529. The topological polar surface area (TPSA) is 84.1 Å². The normalized spacial score (nSPS) is 10.7. The molecule has 0 atom stereocenters. The molecule has 0 bridgehead atoms. The quantitative estimate of drug-likeness (QED) is 0.650. The van der Waals surface area contributed by atoms with Crippen molar-refractivity contribution in [2.45, 2.75) is 39.2 Å². The molecule has 0 aliphatic rings. The molecular weight excluding hydrogens is 342 g/mol. The van der Waals surface area contributed by atoms with Crippen molar-refractivity contribution in [2.75, 3.05) is 20.1 Å². The molecule has 7 nitrogen and oxygen atoms in total. The van der Waals surface area contributed by atoms with Gasteiger partial charge in [-0.05, 0) is 32.1 Å². The van der Waals surface area contributed by atoms with E-state index in [9.17, 15) is 4.79 Å². The maximum absolute atomic E-state index is 11.0. The highest BCUT2D eigenvalue weighted by molar-refractivity contribution is 5.88. The molecule has 0 radical (unpaired) electrons. The zero-order valence-electron chi connectivity index (χ0n) is 14.8. The maximum atomic E-state index is 11.0. The van der Waals surface area contributed by atoms with E-state index in [0.717, 1.165) is 19.6 Å². The Balaban J connectivity index is 0.00000312. The Hall–Kier alpha value is -1.99. The van der Waals surface area contributed by atoms with Crippen LogP contribution in [0, 0.1) is 0 Å². The van der Waals surface area contributed by atoms with Gasteiger partial charge < -0.3 is 10.0 Å². The highest BCUT2D eigenvalue weighted by Gasteiger charge is 2.09. The Labute approximate surface area is 154 Å². The van der Waals surface area contributed by atoms with Crippen molar-refractivity contribution in [3.05, 3.63) is 30.1 Å². The number of carbonyl (C=O) groups is 1. The summed E-state index contributed by atoms with van der Waals surface area (Å²) in [5.41, 5.74) is 1.30. The molecule has 2 heterocycles. The number of rotatable bonds is 10. The van der Waals surface area contributed by atoms with Crippen LogP contribution in [0.3, 0.4) is 0 Å². The van der Waals surface area contributed by atoms with Gasteiger partial charge in [0.2, 0.25) is 0 Å². The minimum Gasteiger partial charge on any atom is -0.478 e. The maximum Gasteiger partial charge on any atom is 0.335 e. The monoisotopic (exact) mass is 367 g/mol. The Morgan fingerprint density at radius 2 is 2.04 bits per heavy atom. The van der Waals surface area contributed by atoms with Crippen LogP contribution in [0.15, 0.2) is 24.5 Å². The lowest BCUT2D eigenvalue weighted by molar-refractivity contribution is 0.0697. The summed E-state index contributed by atoms with van der Waals surface area (Å²) in [5.74, 6) is -0.976. The summed E-state index contributed by atoms with van der Waals surface area (Å²) < 4.78 is 1.77. The molecule has 0 aliphatic heterocycles. The molecule has 1 N–H and O–H groups in total. The SMILES string of the molecule is CCCCCCN(C)CCn1cc(-c2cc(C(=O)O)ccn2)nn1.Cl. The lowest BCUT2D eigenvalue weighted by Crippen LogP contribution is -2.24. The molecule has 0 saturated heterocycles. The van der Waals surface area contributed by atoms with Crippen molar-refractivity contribution in [3.8, 4) is 11.4 Å². The molecule has 0 spiro atoms. The molecule has 0 saturated carbocycles. The van der Waals surface area contributed by atoms with Gasteiger partial charge in [0.1, 0.15) is 5.69 Å². The van der Waals surface area contributed by atoms with E-state index < -0.39 is 5.97 Å². The van der Waals surface area contributed by atoms with Crippen LogP contribution in [-0.4, -0.2) is 56.1 Å². The second-order valence-electron chi connectivity index (χ2n) is 5.97. The third kappa shape index (κ3) is 6.80. The van der Waals surface area contributed by atoms with Gasteiger partial charge in [0, 0.05) is 12.7 Å². The predicted octanol–water partition coefficient (Wildman–Crippen LogP) is 2.97. The van der Waals surface area contributed by atoms with E-state index in [1.165, 1.54) is 44.0 Å². The minimum atomic E-state index is -0.976. The predicted molar refractivity (Wildman–Crippen MR) is 99.1 cm³/mol. The van der Waals surface area contributed by atoms with E-state index in [1.54, 1.807) is 10.9 Å². The molecule has 25 heavy (non-hydrogen) atoms. The molecule has 0 aliphatic carbocycles. The van der Waals surface area contributed by atoms with Gasteiger partial charge in [0.05, 0.1) is 24.0 Å². The first kappa shape index (κ1) is 21.1. The van der Waals surface area contributed by atoms with Gasteiger partial charge in [-0.25, -0.2) is 4.79 Å². The van der Waals surface area contributed by atoms with Crippen LogP contribution in [0.25, 0.3) is 11.4 Å². The summed E-state index contributed by atoms with van der Waals surface area (Å²) in [7, 11) is 2.11. The van der Waals surface area contributed by atoms with Gasteiger partial charge in [-0.3, -0.25) is 9.67 Å². The standard InChI is InChI=1S/C17H25N5O2.ClH/c1-3-4-5-6-9-21(2)10-11-22-13-16(19-20-22)15-12-14(17(23)24)7-8-18-15;/h7-8,12-13H,3-6,9-11H2,1-2H3,(H,23,24);1H. The number of aromatic carboxylic acids is 1. The van der Waals surface area contributed by atoms with Crippen molar-refractivity contribution in [2.24, 2.45) is 0 Å². The number of carboxylic acid groups (broad SMARTS) is 1. The van der Waals surface area contributed by atoms with Crippen LogP contribution in [0.5, 0.6) is 0 Å². The lowest BCUT2D eigenvalue weighted by Gasteiger charge is -2.15. The number of aromatic nitrogens is 4. The summed E-state index contributed by atoms with van der Waals surface area (Å²) >= 11 is 0. The van der Waals surface area contributed by atoms with E-state index in [-0.39, 0.29) is 18.0 Å². The van der Waals surface area contributed by atoms with Gasteiger partial charge in [-0.15, -0.1) is 17.5 Å². The molecule has 0 unspecified atom stereocenters. The molecule has 138 valence electrons. The molecule has 0 amide bonds. The average Bonchev–Trinajstić information content (AvgIpc) is 3.06. The third-order valence-corrected chi connectivity index (χ3v) is 3.91. The fourth-order valence-electron chi connectivity index (χ4n) is 2.42. The van der Waals surface area contributed by atoms with Crippen molar-refractivity contribution in [1.82, 2.24) is 24.9 Å². The Kier molecular flexibility index (Phi) is 9.08. The van der Waals surface area contributed by atoms with Crippen LogP contribution >= 0.6 is 12.4 Å². The van der Waals surface area contributed by atoms with Crippen molar-refractivity contribution >= 4 is 18.4 Å². The van der Waals surface area contributed by atoms with E-state index in [1.807, 2.05) is 0 Å². The van der Waals surface area contributed by atoms with E-state index >= 15 is 0 Å². The second kappa shape index (κ2) is 10.8. The summed E-state index contributed by atoms with van der Waals surface area (Å²) in [6.07, 6.45) is 8.32. The average molecular weight is 368 g/mol. The summed E-state index contributed by atoms with van der Waals surface area (Å²) in [6.45, 7) is 4.95. The van der Waals surface area contributed by atoms with Crippen LogP contribution in [-0.2, 0) is 6.54 Å². The van der Waals surface area contributed by atoms with Crippen LogP contribution in [0.2, 0.25) is 0 Å². The molecule has 2 rings (SSSR count). The first-order valence-electron chi connectivity index (χ1n) is 8.38. The number of likely N-dealkylation sites (N-methyl/N-ethyl adjacent to an activating group) is 1. The number of halogens is 1. The van der Waals surface area contributed by atoms with Gasteiger partial charge >= 0.3 is 5.97 Å². The van der Waals surface area contributed by atoms with Gasteiger partial charge in [-0.2, -0.15) is 0 Å². The number of carboxylic acids is 1. The molecule has 8 heteroatoms. The van der Waals surface area contributed by atoms with Crippen LogP contribution in [0.1, 0.15) is 43.0 Å². The number of hydrogen-bond acceptors (Lipinski definition) is 5. The van der Waals surface area contributed by atoms with E-state index in [2.05, 4.69) is 34.2 Å². The Morgan fingerprint density at radius 3 is 2.76 bits per heavy atom. The number of unbranched alkanes of at least 4 members (excludes halogenated alkanes) is 3. The van der Waals surface area contributed by atoms with Crippen molar-refractivity contribution in [3.63, 3.8) is 0 Å². The minimum absolute atomic E-state index is 0. The fourth-order valence-corrected chi connectivity index (χ4v) is 2.42.